The number of unbranched alkanes of at least 4 members (excludes halogenated alkanes) is 1. The van der Waals surface area contributed by atoms with Crippen molar-refractivity contribution in [1.29, 1.82) is 0 Å². The first-order chi connectivity index (χ1) is 14.7. The lowest BCUT2D eigenvalue weighted by atomic mass is 10.0. The van der Waals surface area contributed by atoms with Gasteiger partial charge in [-0.15, -0.1) is 10.2 Å². The number of rotatable bonds is 9. The van der Waals surface area contributed by atoms with Gasteiger partial charge in [-0.25, -0.2) is 0 Å². The van der Waals surface area contributed by atoms with Crippen LogP contribution in [0.15, 0.2) is 54.6 Å². The fraction of sp³-hybridized carbons (Fsp3) is 0.320. The monoisotopic (exact) mass is 401 g/mol. The number of hydrogen-bond acceptors (Lipinski definition) is 4. The number of nitrogens with zero attached hydrogens (tertiary/aromatic N) is 3. The number of carbonyl (C=O) groups excluding carboxylic acids is 1. The Morgan fingerprint density at radius 3 is 2.73 bits per heavy atom. The Kier molecular flexibility index (Phi) is 6.07. The summed E-state index contributed by atoms with van der Waals surface area (Å²) < 4.78 is 6.08. The van der Waals surface area contributed by atoms with E-state index in [1.54, 1.807) is 10.9 Å². The third-order valence-electron chi connectivity index (χ3n) is 5.65. The van der Waals surface area contributed by atoms with E-state index in [0.717, 1.165) is 46.6 Å². The van der Waals surface area contributed by atoms with Crippen LogP contribution in [0.25, 0.3) is 27.5 Å². The highest BCUT2D eigenvalue weighted by Crippen LogP contribution is 2.26. The first-order valence-electron chi connectivity index (χ1n) is 10.7. The molecule has 0 aliphatic rings. The summed E-state index contributed by atoms with van der Waals surface area (Å²) in [6.45, 7) is 5.00. The maximum Gasteiger partial charge on any atom is 0.153 e. The second-order valence-corrected chi connectivity index (χ2v) is 7.71. The largest absolute Gasteiger partial charge is 0.492 e. The lowest BCUT2D eigenvalue weighted by Gasteiger charge is -2.17. The normalized spacial score (nSPS) is 12.3. The molecule has 1 heterocycles. The predicted octanol–water partition coefficient (Wildman–Crippen LogP) is 5.98. The van der Waals surface area contributed by atoms with Crippen LogP contribution < -0.4 is 4.74 Å². The van der Waals surface area contributed by atoms with Gasteiger partial charge in [0.25, 0.3) is 0 Å². The van der Waals surface area contributed by atoms with Crippen molar-refractivity contribution in [3.05, 3.63) is 60.2 Å². The predicted molar refractivity (Wildman–Crippen MR) is 121 cm³/mol. The fourth-order valence-corrected chi connectivity index (χ4v) is 3.74. The molecule has 0 amide bonds. The molecule has 5 heteroatoms. The van der Waals surface area contributed by atoms with Gasteiger partial charge in [0.2, 0.25) is 0 Å². The van der Waals surface area contributed by atoms with E-state index in [0.29, 0.717) is 23.8 Å². The van der Waals surface area contributed by atoms with Gasteiger partial charge in [0.1, 0.15) is 16.8 Å². The molecule has 1 aromatic heterocycles. The van der Waals surface area contributed by atoms with Crippen molar-refractivity contribution in [2.75, 3.05) is 6.61 Å². The third kappa shape index (κ3) is 4.06. The average Bonchev–Trinajstić information content (AvgIpc) is 3.24. The molecule has 1 unspecified atom stereocenters. The zero-order valence-electron chi connectivity index (χ0n) is 17.5. The maximum atomic E-state index is 11.5. The molecule has 0 spiro atoms. The lowest BCUT2D eigenvalue weighted by molar-refractivity contribution is 0.111. The second-order valence-electron chi connectivity index (χ2n) is 7.71. The van der Waals surface area contributed by atoms with Crippen molar-refractivity contribution < 1.29 is 9.53 Å². The molecular weight excluding hydrogens is 374 g/mol. The van der Waals surface area contributed by atoms with Crippen LogP contribution in [0.4, 0.5) is 0 Å². The molecule has 30 heavy (non-hydrogen) atoms. The number of benzene rings is 3. The molecule has 4 rings (SSSR count). The van der Waals surface area contributed by atoms with Crippen LogP contribution in [0.3, 0.4) is 0 Å². The van der Waals surface area contributed by atoms with Gasteiger partial charge in [0.15, 0.2) is 6.29 Å². The summed E-state index contributed by atoms with van der Waals surface area (Å²) in [5.41, 5.74) is 3.02. The van der Waals surface area contributed by atoms with E-state index in [-0.39, 0.29) is 0 Å². The number of ether oxygens (including phenoxy) is 1. The fourth-order valence-electron chi connectivity index (χ4n) is 3.74. The molecule has 154 valence electrons. The van der Waals surface area contributed by atoms with E-state index in [4.69, 9.17) is 9.84 Å². The van der Waals surface area contributed by atoms with Gasteiger partial charge in [0.05, 0.1) is 17.9 Å². The number of carbonyl (C=O) groups is 1. The molecule has 0 radical (unpaired) electrons. The van der Waals surface area contributed by atoms with Crippen LogP contribution in [-0.2, 0) is 0 Å². The summed E-state index contributed by atoms with van der Waals surface area (Å²) in [4.78, 5) is 13.1. The smallest absolute Gasteiger partial charge is 0.153 e. The maximum absolute atomic E-state index is 11.5. The van der Waals surface area contributed by atoms with E-state index in [2.05, 4.69) is 37.1 Å². The Morgan fingerprint density at radius 2 is 1.93 bits per heavy atom. The van der Waals surface area contributed by atoms with Gasteiger partial charge in [-0.2, -0.15) is 4.80 Å². The number of fused-ring (bicyclic) bond motifs is 3. The molecule has 4 aromatic rings. The molecule has 3 aromatic carbocycles. The Hall–Kier alpha value is -3.21. The van der Waals surface area contributed by atoms with Gasteiger partial charge in [-0.1, -0.05) is 63.4 Å². The van der Waals surface area contributed by atoms with Gasteiger partial charge < -0.3 is 4.74 Å². The highest BCUT2D eigenvalue weighted by molar-refractivity contribution is 6.03. The van der Waals surface area contributed by atoms with E-state index in [9.17, 15) is 4.79 Å². The molecule has 0 bridgehead atoms. The summed E-state index contributed by atoms with van der Waals surface area (Å²) in [6, 6.07) is 17.7. The number of aromatic nitrogens is 3. The summed E-state index contributed by atoms with van der Waals surface area (Å²) in [5.74, 6) is 1.08. The van der Waals surface area contributed by atoms with Crippen molar-refractivity contribution in [1.82, 2.24) is 15.0 Å². The Bertz CT molecular complexity index is 1170. The van der Waals surface area contributed by atoms with Crippen molar-refractivity contribution in [2.45, 2.75) is 39.5 Å². The van der Waals surface area contributed by atoms with E-state index in [1.807, 2.05) is 30.3 Å². The molecular formula is C25H27N3O2. The van der Waals surface area contributed by atoms with Crippen LogP contribution in [0.2, 0.25) is 0 Å². The number of hydrogen-bond donors (Lipinski definition) is 0. The van der Waals surface area contributed by atoms with Crippen LogP contribution in [-0.4, -0.2) is 27.9 Å². The quantitative estimate of drug-likeness (QED) is 0.324. The van der Waals surface area contributed by atoms with Crippen LogP contribution >= 0.6 is 0 Å². The van der Waals surface area contributed by atoms with Crippen LogP contribution in [0.1, 0.15) is 49.9 Å². The standard InChI is InChI=1S/C25H27N3O2/c1-3-5-8-18(4-2)17-30-24-15-21(13-11-20(24)16-29)28-26-23-14-12-19-9-6-7-10-22(19)25(23)27-28/h6-7,9-16,18H,3-5,8,17H2,1-2H3. The van der Waals surface area contributed by atoms with E-state index < -0.39 is 0 Å². The molecule has 0 aliphatic heterocycles. The van der Waals surface area contributed by atoms with Crippen molar-refractivity contribution in [2.24, 2.45) is 5.92 Å². The molecule has 0 fully saturated rings. The minimum atomic E-state index is 0.491. The van der Waals surface area contributed by atoms with E-state index in [1.165, 1.54) is 12.8 Å². The molecule has 0 aliphatic carbocycles. The third-order valence-corrected chi connectivity index (χ3v) is 5.65. The average molecular weight is 402 g/mol. The molecule has 1 atom stereocenters. The highest BCUT2D eigenvalue weighted by Gasteiger charge is 2.13. The Morgan fingerprint density at radius 1 is 1.07 bits per heavy atom. The lowest BCUT2D eigenvalue weighted by Crippen LogP contribution is -2.12. The SMILES string of the molecule is CCCCC(CC)COc1cc(-n2nc3ccc4ccccc4c3n2)ccc1C=O. The zero-order chi connectivity index (χ0) is 20.9. The van der Waals surface area contributed by atoms with Crippen molar-refractivity contribution >= 4 is 28.1 Å². The van der Waals surface area contributed by atoms with Crippen molar-refractivity contribution in [3.63, 3.8) is 0 Å². The minimum absolute atomic E-state index is 0.491. The Balaban J connectivity index is 1.65. The summed E-state index contributed by atoms with van der Waals surface area (Å²) in [7, 11) is 0. The first-order valence-corrected chi connectivity index (χ1v) is 10.7. The molecule has 0 saturated carbocycles. The Labute approximate surface area is 176 Å². The summed E-state index contributed by atoms with van der Waals surface area (Å²) in [6.07, 6.45) is 5.42. The highest BCUT2D eigenvalue weighted by atomic mass is 16.5. The van der Waals surface area contributed by atoms with Gasteiger partial charge in [0, 0.05) is 11.5 Å². The first kappa shape index (κ1) is 20.1. The molecule has 0 N–H and O–H groups in total. The van der Waals surface area contributed by atoms with Gasteiger partial charge >= 0.3 is 0 Å². The zero-order valence-corrected chi connectivity index (χ0v) is 17.5. The summed E-state index contributed by atoms with van der Waals surface area (Å²) >= 11 is 0. The van der Waals surface area contributed by atoms with Crippen LogP contribution in [0.5, 0.6) is 5.75 Å². The van der Waals surface area contributed by atoms with Crippen molar-refractivity contribution in [3.8, 4) is 11.4 Å². The number of aldehydes is 1. The van der Waals surface area contributed by atoms with Gasteiger partial charge in [-0.05, 0) is 35.9 Å². The molecule has 0 saturated heterocycles. The van der Waals surface area contributed by atoms with Crippen LogP contribution in [0, 0.1) is 5.92 Å². The second kappa shape index (κ2) is 9.08. The van der Waals surface area contributed by atoms with Gasteiger partial charge in [-0.3, -0.25) is 4.79 Å². The molecule has 5 nitrogen and oxygen atoms in total. The topological polar surface area (TPSA) is 57.0 Å². The van der Waals surface area contributed by atoms with E-state index >= 15 is 0 Å². The summed E-state index contributed by atoms with van der Waals surface area (Å²) in [5, 5.41) is 11.6. The minimum Gasteiger partial charge on any atom is -0.492 e.